The summed E-state index contributed by atoms with van der Waals surface area (Å²) >= 11 is 0. The molecule has 9 heteroatoms. The summed E-state index contributed by atoms with van der Waals surface area (Å²) in [6, 6.07) is 12.0. The predicted octanol–water partition coefficient (Wildman–Crippen LogP) is 4.45. The number of benzene rings is 2. The number of rotatable bonds is 6. The Kier molecular flexibility index (Phi) is 5.84. The van der Waals surface area contributed by atoms with E-state index < -0.39 is 33.4 Å². The first-order valence-electron chi connectivity index (χ1n) is 7.74. The minimum atomic E-state index is -0.859. The second kappa shape index (κ2) is 8.06. The third kappa shape index (κ3) is 4.76. The quantitative estimate of drug-likeness (QED) is 0.600. The number of hydrogen-bond acceptors (Lipinski definition) is 6. The van der Waals surface area contributed by atoms with Crippen molar-refractivity contribution < 1.29 is 19.4 Å². The molecule has 0 aliphatic heterocycles. The number of nitrogens with one attached hydrogen (secondary N) is 1. The average Bonchev–Trinajstić information content (AvgIpc) is 2.59. The van der Waals surface area contributed by atoms with E-state index in [1.165, 1.54) is 0 Å². The molecule has 0 aliphatic rings. The van der Waals surface area contributed by atoms with Gasteiger partial charge in [0.15, 0.2) is 0 Å². The summed E-state index contributed by atoms with van der Waals surface area (Å²) in [6.07, 6.45) is -1.40. The molecule has 9 nitrogen and oxygen atoms in total. The molecular formula is C17H17N3O6. The summed E-state index contributed by atoms with van der Waals surface area (Å²) in [4.78, 5) is 32.5. The molecule has 1 amide bonds. The van der Waals surface area contributed by atoms with E-state index in [1.54, 1.807) is 0 Å². The van der Waals surface area contributed by atoms with Crippen LogP contribution >= 0.6 is 0 Å². The van der Waals surface area contributed by atoms with Crippen molar-refractivity contribution in [2.24, 2.45) is 5.92 Å². The van der Waals surface area contributed by atoms with Crippen LogP contribution in [0.25, 0.3) is 0 Å². The molecule has 26 heavy (non-hydrogen) atoms. The van der Waals surface area contributed by atoms with E-state index in [4.69, 9.17) is 4.74 Å². The minimum Gasteiger partial charge on any atom is -0.441 e. The summed E-state index contributed by atoms with van der Waals surface area (Å²) in [5, 5.41) is 24.1. The normalized spacial score (nSPS) is 11.7. The van der Waals surface area contributed by atoms with Crippen LogP contribution in [0, 0.1) is 26.1 Å². The molecular weight excluding hydrogens is 342 g/mol. The lowest BCUT2D eigenvalue weighted by Crippen LogP contribution is -2.20. The minimum absolute atomic E-state index is 0.0254. The van der Waals surface area contributed by atoms with Crippen molar-refractivity contribution in [3.8, 4) is 0 Å². The van der Waals surface area contributed by atoms with Gasteiger partial charge < -0.3 is 4.74 Å². The van der Waals surface area contributed by atoms with Gasteiger partial charge in [0, 0.05) is 12.1 Å². The van der Waals surface area contributed by atoms with Crippen LogP contribution < -0.4 is 5.32 Å². The maximum atomic E-state index is 12.2. The van der Waals surface area contributed by atoms with Gasteiger partial charge in [-0.1, -0.05) is 44.2 Å². The largest absolute Gasteiger partial charge is 0.441 e. The van der Waals surface area contributed by atoms with Crippen molar-refractivity contribution in [2.45, 2.75) is 20.0 Å². The molecule has 0 aromatic heterocycles. The zero-order chi connectivity index (χ0) is 19.3. The molecule has 1 unspecified atom stereocenters. The SMILES string of the molecule is CC(C)C(OC(=O)Nc1cc([N+](=O)[O-])cc([N+](=O)[O-])c1)c1ccccc1. The number of nitro benzene ring substituents is 2. The summed E-state index contributed by atoms with van der Waals surface area (Å²) in [5.41, 5.74) is -0.301. The third-order valence-corrected chi connectivity index (χ3v) is 3.54. The average molecular weight is 359 g/mol. The maximum absolute atomic E-state index is 12.2. The van der Waals surface area contributed by atoms with E-state index in [0.29, 0.717) is 0 Å². The Labute approximate surface area is 148 Å². The van der Waals surface area contributed by atoms with Gasteiger partial charge in [0.1, 0.15) is 6.10 Å². The molecule has 0 bridgehead atoms. The van der Waals surface area contributed by atoms with Crippen LogP contribution in [0.3, 0.4) is 0 Å². The summed E-state index contributed by atoms with van der Waals surface area (Å²) in [7, 11) is 0. The van der Waals surface area contributed by atoms with Crippen molar-refractivity contribution in [3.63, 3.8) is 0 Å². The molecule has 0 radical (unpaired) electrons. The number of ether oxygens (including phenoxy) is 1. The lowest BCUT2D eigenvalue weighted by atomic mass is 9.99. The van der Waals surface area contributed by atoms with E-state index >= 15 is 0 Å². The van der Waals surface area contributed by atoms with Gasteiger partial charge in [-0.25, -0.2) is 4.79 Å². The Balaban J connectivity index is 2.21. The molecule has 2 rings (SSSR count). The van der Waals surface area contributed by atoms with Gasteiger partial charge in [-0.3, -0.25) is 25.5 Å². The Morgan fingerprint density at radius 2 is 1.54 bits per heavy atom. The first-order valence-corrected chi connectivity index (χ1v) is 7.74. The van der Waals surface area contributed by atoms with Crippen LogP contribution in [0.2, 0.25) is 0 Å². The van der Waals surface area contributed by atoms with E-state index in [2.05, 4.69) is 5.32 Å². The van der Waals surface area contributed by atoms with E-state index in [1.807, 2.05) is 44.2 Å². The molecule has 136 valence electrons. The second-order valence-corrected chi connectivity index (χ2v) is 5.86. The van der Waals surface area contributed by atoms with Gasteiger partial charge >= 0.3 is 6.09 Å². The molecule has 0 spiro atoms. The number of carbonyl (C=O) groups excluding carboxylic acids is 1. The Bertz CT molecular complexity index is 790. The van der Waals surface area contributed by atoms with Crippen LogP contribution in [0.4, 0.5) is 21.9 Å². The van der Waals surface area contributed by atoms with Crippen LogP contribution in [0.5, 0.6) is 0 Å². The molecule has 2 aromatic rings. The zero-order valence-corrected chi connectivity index (χ0v) is 14.1. The van der Waals surface area contributed by atoms with Gasteiger partial charge in [0.05, 0.1) is 21.6 Å². The fraction of sp³-hybridized carbons (Fsp3) is 0.235. The van der Waals surface area contributed by atoms with Crippen LogP contribution in [0.1, 0.15) is 25.5 Å². The third-order valence-electron chi connectivity index (χ3n) is 3.54. The lowest BCUT2D eigenvalue weighted by Gasteiger charge is -2.22. The highest BCUT2D eigenvalue weighted by Gasteiger charge is 2.22. The van der Waals surface area contributed by atoms with Crippen LogP contribution in [0.15, 0.2) is 48.5 Å². The number of amides is 1. The van der Waals surface area contributed by atoms with E-state index in [-0.39, 0.29) is 11.6 Å². The monoisotopic (exact) mass is 359 g/mol. The summed E-state index contributed by atoms with van der Waals surface area (Å²) in [5.74, 6) is -0.0254. The molecule has 0 aliphatic carbocycles. The first-order chi connectivity index (χ1) is 12.3. The molecule has 1 atom stereocenters. The number of hydrogen-bond donors (Lipinski definition) is 1. The van der Waals surface area contributed by atoms with Crippen molar-refractivity contribution in [1.82, 2.24) is 0 Å². The lowest BCUT2D eigenvalue weighted by molar-refractivity contribution is -0.394. The summed E-state index contributed by atoms with van der Waals surface area (Å²) in [6.45, 7) is 3.76. The first kappa shape index (κ1) is 18.8. The van der Waals surface area contributed by atoms with E-state index in [9.17, 15) is 25.0 Å². The fourth-order valence-corrected chi connectivity index (χ4v) is 2.37. The van der Waals surface area contributed by atoms with Gasteiger partial charge in [-0.2, -0.15) is 0 Å². The second-order valence-electron chi connectivity index (χ2n) is 5.86. The van der Waals surface area contributed by atoms with Crippen molar-refractivity contribution in [1.29, 1.82) is 0 Å². The number of non-ortho nitro benzene ring substituents is 2. The van der Waals surface area contributed by atoms with Gasteiger partial charge in [-0.05, 0) is 11.5 Å². The smallest absolute Gasteiger partial charge is 0.412 e. The Morgan fingerprint density at radius 1 is 1.00 bits per heavy atom. The number of carbonyl (C=O) groups is 1. The summed E-state index contributed by atoms with van der Waals surface area (Å²) < 4.78 is 5.41. The molecule has 2 aromatic carbocycles. The molecule has 0 saturated carbocycles. The molecule has 0 heterocycles. The number of anilines is 1. The van der Waals surface area contributed by atoms with Gasteiger partial charge in [-0.15, -0.1) is 0 Å². The standard InChI is InChI=1S/C17H17N3O6/c1-11(2)16(12-6-4-3-5-7-12)26-17(21)18-13-8-14(19(22)23)10-15(9-13)20(24)25/h3-11,16H,1-2H3,(H,18,21). The topological polar surface area (TPSA) is 125 Å². The van der Waals surface area contributed by atoms with Crippen molar-refractivity contribution in [3.05, 3.63) is 74.3 Å². The van der Waals surface area contributed by atoms with Crippen LogP contribution in [-0.4, -0.2) is 15.9 Å². The van der Waals surface area contributed by atoms with Gasteiger partial charge in [0.2, 0.25) is 0 Å². The zero-order valence-electron chi connectivity index (χ0n) is 14.1. The van der Waals surface area contributed by atoms with E-state index in [0.717, 1.165) is 23.8 Å². The highest BCUT2D eigenvalue weighted by Crippen LogP contribution is 2.28. The highest BCUT2D eigenvalue weighted by molar-refractivity contribution is 5.86. The van der Waals surface area contributed by atoms with Crippen molar-refractivity contribution >= 4 is 23.2 Å². The molecule has 1 N–H and O–H groups in total. The number of nitrogens with zero attached hydrogens (tertiary/aromatic N) is 2. The molecule has 0 fully saturated rings. The van der Waals surface area contributed by atoms with Crippen LogP contribution in [-0.2, 0) is 4.74 Å². The van der Waals surface area contributed by atoms with Crippen molar-refractivity contribution in [2.75, 3.05) is 5.32 Å². The Hall–Kier alpha value is -3.49. The number of nitro groups is 2. The fourth-order valence-electron chi connectivity index (χ4n) is 2.37. The maximum Gasteiger partial charge on any atom is 0.412 e. The molecule has 0 saturated heterocycles. The highest BCUT2D eigenvalue weighted by atomic mass is 16.6. The van der Waals surface area contributed by atoms with Gasteiger partial charge in [0.25, 0.3) is 11.4 Å². The Morgan fingerprint density at radius 3 is 2.00 bits per heavy atom. The predicted molar refractivity (Wildman–Crippen MR) is 93.9 cm³/mol.